The monoisotopic (exact) mass is 408 g/mol. The molecule has 4 nitrogen and oxygen atoms in total. The Bertz CT molecular complexity index is 916. The van der Waals surface area contributed by atoms with Gasteiger partial charge < -0.3 is 19.3 Å². The predicted molar refractivity (Wildman–Crippen MR) is 120 cm³/mol. The van der Waals surface area contributed by atoms with Crippen LogP contribution < -0.4 is 19.3 Å². The summed E-state index contributed by atoms with van der Waals surface area (Å²) in [5.41, 5.74) is 2.37. The van der Waals surface area contributed by atoms with Gasteiger partial charge in [-0.3, -0.25) is 0 Å². The van der Waals surface area contributed by atoms with E-state index in [2.05, 4.69) is 53.2 Å². The minimum Gasteiger partial charge on any atom is -0.497 e. The highest BCUT2D eigenvalue weighted by Crippen LogP contribution is 2.32. The summed E-state index contributed by atoms with van der Waals surface area (Å²) in [4.78, 5) is 4.66. The summed E-state index contributed by atoms with van der Waals surface area (Å²) in [6.07, 6.45) is 0.101. The van der Waals surface area contributed by atoms with Gasteiger partial charge in [0.1, 0.15) is 17.6 Å². The van der Waals surface area contributed by atoms with Crippen LogP contribution in [-0.2, 0) is 0 Å². The van der Waals surface area contributed by atoms with Crippen LogP contribution in [0.25, 0.3) is 0 Å². The number of ether oxygens (including phenoxy) is 2. The van der Waals surface area contributed by atoms with E-state index < -0.39 is 0 Å². The van der Waals surface area contributed by atoms with Gasteiger partial charge >= 0.3 is 0 Å². The molecule has 0 radical (unpaired) electrons. The first-order valence-electron chi connectivity index (χ1n) is 9.73. The Morgan fingerprint density at radius 2 is 1.59 bits per heavy atom. The topological polar surface area (TPSA) is 24.9 Å². The van der Waals surface area contributed by atoms with Crippen LogP contribution in [0, 0.1) is 0 Å². The van der Waals surface area contributed by atoms with Gasteiger partial charge in [0.25, 0.3) is 0 Å². The second-order valence-electron chi connectivity index (χ2n) is 7.24. The van der Waals surface area contributed by atoms with Crippen molar-refractivity contribution in [1.29, 1.82) is 0 Å². The van der Waals surface area contributed by atoms with E-state index in [1.165, 1.54) is 11.4 Å². The van der Waals surface area contributed by atoms with Gasteiger partial charge in [-0.1, -0.05) is 29.8 Å². The fraction of sp³-hybridized carbons (Fsp3) is 0.250. The number of rotatable bonds is 7. The molecule has 0 bridgehead atoms. The molecule has 2 atom stereocenters. The van der Waals surface area contributed by atoms with Gasteiger partial charge in [-0.25, -0.2) is 0 Å². The van der Waals surface area contributed by atoms with Crippen molar-refractivity contribution in [2.24, 2.45) is 0 Å². The molecule has 0 spiro atoms. The van der Waals surface area contributed by atoms with Crippen LogP contribution in [0.2, 0.25) is 5.02 Å². The molecule has 4 rings (SSSR count). The molecule has 0 unspecified atom stereocenters. The predicted octanol–water partition coefficient (Wildman–Crippen LogP) is 5.12. The molecular formula is C24H25ClN2O2. The average molecular weight is 409 g/mol. The minimum atomic E-state index is 0.101. The van der Waals surface area contributed by atoms with Crippen LogP contribution in [0.4, 0.5) is 11.4 Å². The normalized spacial score (nSPS) is 18.1. The van der Waals surface area contributed by atoms with E-state index >= 15 is 0 Å². The first-order chi connectivity index (χ1) is 14.1. The molecule has 1 aliphatic heterocycles. The van der Waals surface area contributed by atoms with Gasteiger partial charge in [0.15, 0.2) is 0 Å². The summed E-state index contributed by atoms with van der Waals surface area (Å²) >= 11 is 6.01. The van der Waals surface area contributed by atoms with Crippen molar-refractivity contribution >= 4 is 23.0 Å². The maximum absolute atomic E-state index is 6.30. The van der Waals surface area contributed by atoms with E-state index in [0.29, 0.717) is 5.02 Å². The third kappa shape index (κ3) is 4.43. The number of likely N-dealkylation sites (N-methyl/N-ethyl adjacent to an activating group) is 1. The number of anilines is 2. The lowest BCUT2D eigenvalue weighted by atomic mass is 9.96. The fourth-order valence-corrected chi connectivity index (χ4v) is 3.80. The number of benzene rings is 3. The molecule has 0 aliphatic carbocycles. The third-order valence-corrected chi connectivity index (χ3v) is 5.62. The molecule has 0 amide bonds. The Labute approximate surface area is 177 Å². The molecule has 3 aromatic rings. The molecule has 29 heavy (non-hydrogen) atoms. The van der Waals surface area contributed by atoms with E-state index in [1.807, 2.05) is 42.5 Å². The van der Waals surface area contributed by atoms with E-state index in [1.54, 1.807) is 7.11 Å². The fourth-order valence-electron chi connectivity index (χ4n) is 3.67. The molecule has 1 fully saturated rings. The zero-order valence-corrected chi connectivity index (χ0v) is 17.4. The Kier molecular flexibility index (Phi) is 5.81. The standard InChI is InChI=1S/C24H25ClN2O2/c1-26(19-6-4-3-5-7-19)16-23-24(29-22-12-8-18(25)9-13-22)17-27(23)20-10-14-21(28-2)15-11-20/h3-15,23-24H,16-17H2,1-2H3/t23-,24-/m1/s1. The molecule has 1 heterocycles. The van der Waals surface area contributed by atoms with Gasteiger partial charge in [0.2, 0.25) is 0 Å². The zero-order valence-electron chi connectivity index (χ0n) is 16.7. The van der Waals surface area contributed by atoms with Crippen LogP contribution in [0.3, 0.4) is 0 Å². The Hall–Kier alpha value is -2.85. The summed E-state index contributed by atoms with van der Waals surface area (Å²) in [5, 5.41) is 0.714. The van der Waals surface area contributed by atoms with Crippen molar-refractivity contribution in [1.82, 2.24) is 0 Å². The number of methoxy groups -OCH3 is 1. The van der Waals surface area contributed by atoms with Crippen molar-refractivity contribution in [3.8, 4) is 11.5 Å². The zero-order chi connectivity index (χ0) is 20.2. The van der Waals surface area contributed by atoms with Crippen LogP contribution in [-0.4, -0.2) is 39.4 Å². The smallest absolute Gasteiger partial charge is 0.138 e. The maximum atomic E-state index is 6.30. The van der Waals surface area contributed by atoms with Crippen LogP contribution in [0.15, 0.2) is 78.9 Å². The summed E-state index contributed by atoms with van der Waals surface area (Å²) in [6, 6.07) is 26.4. The molecule has 0 aromatic heterocycles. The Morgan fingerprint density at radius 1 is 0.931 bits per heavy atom. The molecule has 150 valence electrons. The first kappa shape index (κ1) is 19.5. The molecule has 0 saturated carbocycles. The average Bonchev–Trinajstić information content (AvgIpc) is 2.76. The second kappa shape index (κ2) is 8.66. The van der Waals surface area contributed by atoms with Gasteiger partial charge in [-0.05, 0) is 60.7 Å². The van der Waals surface area contributed by atoms with Crippen molar-refractivity contribution in [2.45, 2.75) is 12.1 Å². The molecule has 5 heteroatoms. The van der Waals surface area contributed by atoms with Gasteiger partial charge in [-0.15, -0.1) is 0 Å². The maximum Gasteiger partial charge on any atom is 0.138 e. The van der Waals surface area contributed by atoms with E-state index in [9.17, 15) is 0 Å². The van der Waals surface area contributed by atoms with E-state index in [0.717, 1.165) is 24.6 Å². The van der Waals surface area contributed by atoms with Crippen molar-refractivity contribution in [3.63, 3.8) is 0 Å². The summed E-state index contributed by atoms with van der Waals surface area (Å²) in [7, 11) is 3.81. The lowest BCUT2D eigenvalue weighted by Crippen LogP contribution is -2.66. The summed E-state index contributed by atoms with van der Waals surface area (Å²) in [5.74, 6) is 1.71. The lowest BCUT2D eigenvalue weighted by Gasteiger charge is -2.50. The highest BCUT2D eigenvalue weighted by Gasteiger charge is 2.41. The number of nitrogens with zero attached hydrogens (tertiary/aromatic N) is 2. The van der Waals surface area contributed by atoms with Gasteiger partial charge in [0, 0.05) is 30.0 Å². The second-order valence-corrected chi connectivity index (χ2v) is 7.68. The molecule has 1 saturated heterocycles. The van der Waals surface area contributed by atoms with E-state index in [4.69, 9.17) is 21.1 Å². The lowest BCUT2D eigenvalue weighted by molar-refractivity contribution is 0.118. The number of hydrogen-bond donors (Lipinski definition) is 0. The number of halogens is 1. The minimum absolute atomic E-state index is 0.101. The van der Waals surface area contributed by atoms with Crippen molar-refractivity contribution < 1.29 is 9.47 Å². The largest absolute Gasteiger partial charge is 0.497 e. The van der Waals surface area contributed by atoms with Crippen LogP contribution in [0.5, 0.6) is 11.5 Å². The molecular weight excluding hydrogens is 384 g/mol. The first-order valence-corrected chi connectivity index (χ1v) is 10.1. The highest BCUT2D eigenvalue weighted by atomic mass is 35.5. The van der Waals surface area contributed by atoms with Crippen molar-refractivity contribution in [2.75, 3.05) is 37.0 Å². The quantitative estimate of drug-likeness (QED) is 0.541. The molecule has 1 aliphatic rings. The third-order valence-electron chi connectivity index (χ3n) is 5.37. The number of hydrogen-bond acceptors (Lipinski definition) is 4. The van der Waals surface area contributed by atoms with Crippen LogP contribution in [0.1, 0.15) is 0 Å². The molecule has 0 N–H and O–H groups in total. The van der Waals surface area contributed by atoms with Crippen molar-refractivity contribution in [3.05, 3.63) is 83.9 Å². The van der Waals surface area contributed by atoms with Gasteiger partial charge in [0.05, 0.1) is 19.7 Å². The van der Waals surface area contributed by atoms with Gasteiger partial charge in [-0.2, -0.15) is 0 Å². The Balaban J connectivity index is 1.52. The number of para-hydroxylation sites is 1. The summed E-state index contributed by atoms with van der Waals surface area (Å²) < 4.78 is 11.6. The van der Waals surface area contributed by atoms with Crippen LogP contribution >= 0.6 is 11.6 Å². The van der Waals surface area contributed by atoms with E-state index in [-0.39, 0.29) is 12.1 Å². The Morgan fingerprint density at radius 3 is 2.24 bits per heavy atom. The highest BCUT2D eigenvalue weighted by molar-refractivity contribution is 6.30. The molecule has 3 aromatic carbocycles. The SMILES string of the molecule is COc1ccc(N2C[C@@H](Oc3ccc(Cl)cc3)[C@H]2CN(C)c2ccccc2)cc1. The summed E-state index contributed by atoms with van der Waals surface area (Å²) in [6.45, 7) is 1.69.